The van der Waals surface area contributed by atoms with Crippen molar-refractivity contribution in [2.24, 2.45) is 5.41 Å². The Bertz CT molecular complexity index is 1290. The van der Waals surface area contributed by atoms with Gasteiger partial charge in [-0.3, -0.25) is 9.69 Å². The van der Waals surface area contributed by atoms with Gasteiger partial charge in [0.25, 0.3) is 0 Å². The number of halogens is 7. The molecule has 2 aliphatic carbocycles. The largest absolute Gasteiger partial charge is 0.481 e. The topological polar surface area (TPSA) is 120 Å². The van der Waals surface area contributed by atoms with Crippen LogP contribution in [0.2, 0.25) is 5.02 Å². The van der Waals surface area contributed by atoms with Gasteiger partial charge in [-0.2, -0.15) is 31.6 Å². The van der Waals surface area contributed by atoms with E-state index in [9.17, 15) is 49.9 Å². The summed E-state index contributed by atoms with van der Waals surface area (Å²) in [5.41, 5.74) is -3.72. The van der Waals surface area contributed by atoms with E-state index in [1.807, 2.05) is 6.07 Å². The van der Waals surface area contributed by atoms with E-state index >= 15 is 0 Å². The van der Waals surface area contributed by atoms with E-state index in [0.29, 0.717) is 12.8 Å². The molecule has 1 saturated heterocycles. The van der Waals surface area contributed by atoms with Crippen LogP contribution in [0.5, 0.6) is 5.75 Å². The SMILES string of the molecule is C[C@H](Oc1ccc(S(=O)(=O)[C@@H]2C[C@@H](C(=O)NC3(C#N)CC3)N(C(O)C3(C(F)(F)F)CC3)C2)c(Cl)c1)C(F)(F)F. The van der Waals surface area contributed by atoms with Crippen molar-refractivity contribution in [3.05, 3.63) is 23.2 Å². The highest BCUT2D eigenvalue weighted by molar-refractivity contribution is 7.92. The number of ether oxygens (including phenoxy) is 1. The van der Waals surface area contributed by atoms with Gasteiger partial charge in [0, 0.05) is 12.6 Å². The van der Waals surface area contributed by atoms with Crippen molar-refractivity contribution in [3.63, 3.8) is 0 Å². The van der Waals surface area contributed by atoms with E-state index in [4.69, 9.17) is 16.3 Å². The fourth-order valence-corrected chi connectivity index (χ4v) is 6.90. The van der Waals surface area contributed by atoms with Crippen molar-refractivity contribution in [2.45, 2.75) is 85.4 Å². The molecular weight excluding hydrogens is 580 g/mol. The van der Waals surface area contributed by atoms with Crippen LogP contribution in [0, 0.1) is 16.7 Å². The van der Waals surface area contributed by atoms with Crippen LogP contribution >= 0.6 is 11.6 Å². The number of hydrogen-bond acceptors (Lipinski definition) is 7. The molecule has 8 nitrogen and oxygen atoms in total. The third-order valence-corrected chi connectivity index (χ3v) is 10.1. The Labute approximate surface area is 224 Å². The standard InChI is InChI=1S/C23H24ClF6N3O5S/c1-12(22(25,26)27)38-13-2-3-17(15(24)8-13)39(36,37)14-9-16(18(34)32-20(11-31)4-5-20)33(10-14)19(35)21(6-7-21)23(28,29)30/h2-3,8,12,14,16,19,35H,4-7,9-10H2,1H3,(H,32,34)/t12-,14+,16-,19?/m0/s1. The predicted molar refractivity (Wildman–Crippen MR) is 123 cm³/mol. The van der Waals surface area contributed by atoms with Crippen molar-refractivity contribution < 1.29 is 49.4 Å². The zero-order chi connectivity index (χ0) is 29.2. The van der Waals surface area contributed by atoms with Crippen LogP contribution in [-0.2, 0) is 14.6 Å². The number of nitrogens with one attached hydrogen (secondary N) is 1. The second-order valence-electron chi connectivity index (χ2n) is 10.2. The van der Waals surface area contributed by atoms with E-state index in [1.54, 1.807) is 0 Å². The van der Waals surface area contributed by atoms with Crippen LogP contribution in [0.3, 0.4) is 0 Å². The van der Waals surface area contributed by atoms with Crippen molar-refractivity contribution >= 4 is 27.3 Å². The second kappa shape index (κ2) is 9.67. The van der Waals surface area contributed by atoms with Crippen molar-refractivity contribution in [1.29, 1.82) is 5.26 Å². The molecular formula is C23H24ClF6N3O5S. The van der Waals surface area contributed by atoms with Gasteiger partial charge in [0.1, 0.15) is 22.9 Å². The number of aliphatic hydroxyl groups excluding tert-OH is 1. The average Bonchev–Trinajstić information content (AvgIpc) is 3.74. The van der Waals surface area contributed by atoms with Gasteiger partial charge in [0.2, 0.25) is 5.91 Å². The lowest BCUT2D eigenvalue weighted by Crippen LogP contribution is -2.55. The summed E-state index contributed by atoms with van der Waals surface area (Å²) in [5, 5.41) is 20.5. The molecule has 0 aromatic heterocycles. The molecule has 1 amide bonds. The lowest BCUT2D eigenvalue weighted by molar-refractivity contribution is -0.239. The minimum Gasteiger partial charge on any atom is -0.481 e. The lowest BCUT2D eigenvalue weighted by atomic mass is 10.0. The first kappa shape index (κ1) is 29.7. The van der Waals surface area contributed by atoms with Gasteiger partial charge in [0.15, 0.2) is 15.9 Å². The summed E-state index contributed by atoms with van der Waals surface area (Å²) < 4.78 is 111. The summed E-state index contributed by atoms with van der Waals surface area (Å²) in [5.74, 6) is -1.25. The van der Waals surface area contributed by atoms with Gasteiger partial charge in [0.05, 0.1) is 27.3 Å². The summed E-state index contributed by atoms with van der Waals surface area (Å²) >= 11 is 6.08. The fraction of sp³-hybridized carbons (Fsp3) is 0.652. The van der Waals surface area contributed by atoms with Crippen LogP contribution in [0.15, 0.2) is 23.1 Å². The Hall–Kier alpha value is -2.28. The maximum atomic E-state index is 13.8. The molecule has 1 aromatic rings. The number of nitriles is 1. The highest BCUT2D eigenvalue weighted by Gasteiger charge is 2.70. The average molecular weight is 604 g/mol. The highest BCUT2D eigenvalue weighted by atomic mass is 35.5. The molecule has 4 atom stereocenters. The first-order chi connectivity index (χ1) is 17.9. The number of carbonyl (C=O) groups is 1. The zero-order valence-electron chi connectivity index (χ0n) is 20.3. The zero-order valence-corrected chi connectivity index (χ0v) is 21.9. The summed E-state index contributed by atoms with van der Waals surface area (Å²) in [4.78, 5) is 13.3. The normalized spacial score (nSPS) is 25.8. The smallest absolute Gasteiger partial charge is 0.425 e. The van der Waals surface area contributed by atoms with E-state index in [-0.39, 0.29) is 5.75 Å². The van der Waals surface area contributed by atoms with Crippen LogP contribution in [0.25, 0.3) is 0 Å². The molecule has 1 aliphatic heterocycles. The molecule has 0 bridgehead atoms. The van der Waals surface area contributed by atoms with Crippen molar-refractivity contribution in [3.8, 4) is 11.8 Å². The molecule has 16 heteroatoms. The molecule has 1 aromatic carbocycles. The number of amides is 1. The summed E-state index contributed by atoms with van der Waals surface area (Å²) in [6.07, 6.45) is -14.7. The molecule has 1 heterocycles. The van der Waals surface area contributed by atoms with Gasteiger partial charge in [-0.15, -0.1) is 0 Å². The second-order valence-corrected chi connectivity index (χ2v) is 12.8. The van der Waals surface area contributed by atoms with E-state index < -0.39 is 98.4 Å². The number of hydrogen-bond donors (Lipinski definition) is 2. The van der Waals surface area contributed by atoms with Crippen LogP contribution in [0.4, 0.5) is 26.3 Å². The highest BCUT2D eigenvalue weighted by Crippen LogP contribution is 2.61. The number of nitrogens with zero attached hydrogens (tertiary/aromatic N) is 2. The first-order valence-corrected chi connectivity index (χ1v) is 13.8. The van der Waals surface area contributed by atoms with Crippen molar-refractivity contribution in [1.82, 2.24) is 10.2 Å². The Morgan fingerprint density at radius 3 is 2.31 bits per heavy atom. The maximum absolute atomic E-state index is 13.8. The third-order valence-electron chi connectivity index (χ3n) is 7.51. The molecule has 0 spiro atoms. The van der Waals surface area contributed by atoms with E-state index in [0.717, 1.165) is 30.0 Å². The Morgan fingerprint density at radius 2 is 1.85 bits per heavy atom. The van der Waals surface area contributed by atoms with Crippen LogP contribution in [-0.4, -0.2) is 72.4 Å². The summed E-state index contributed by atoms with van der Waals surface area (Å²) in [6, 6.07) is 3.15. The number of sulfone groups is 1. The minimum absolute atomic E-state index is 0.315. The Morgan fingerprint density at radius 1 is 1.23 bits per heavy atom. The van der Waals surface area contributed by atoms with E-state index in [2.05, 4.69) is 5.32 Å². The van der Waals surface area contributed by atoms with Gasteiger partial charge < -0.3 is 15.2 Å². The van der Waals surface area contributed by atoms with Gasteiger partial charge >= 0.3 is 12.4 Å². The number of carbonyl (C=O) groups excluding carboxylic acids is 1. The molecule has 4 rings (SSSR count). The molecule has 0 radical (unpaired) electrons. The van der Waals surface area contributed by atoms with Crippen molar-refractivity contribution in [2.75, 3.05) is 6.54 Å². The Kier molecular flexibility index (Phi) is 7.37. The summed E-state index contributed by atoms with van der Waals surface area (Å²) in [6.45, 7) is 0.0898. The number of rotatable bonds is 8. The molecule has 39 heavy (non-hydrogen) atoms. The Balaban J connectivity index is 1.61. The number of alkyl halides is 6. The summed E-state index contributed by atoms with van der Waals surface area (Å²) in [7, 11) is -4.46. The predicted octanol–water partition coefficient (Wildman–Crippen LogP) is 3.72. The molecule has 3 aliphatic rings. The van der Waals surface area contributed by atoms with E-state index in [1.165, 1.54) is 0 Å². The number of benzene rings is 1. The lowest BCUT2D eigenvalue weighted by Gasteiger charge is -2.35. The molecule has 216 valence electrons. The van der Waals surface area contributed by atoms with Crippen LogP contribution in [0.1, 0.15) is 39.0 Å². The first-order valence-electron chi connectivity index (χ1n) is 11.9. The quantitative estimate of drug-likeness (QED) is 0.435. The molecule has 2 saturated carbocycles. The third kappa shape index (κ3) is 5.53. The van der Waals surface area contributed by atoms with Gasteiger partial charge in [-0.25, -0.2) is 8.42 Å². The maximum Gasteiger partial charge on any atom is 0.425 e. The van der Waals surface area contributed by atoms with Gasteiger partial charge in [-0.05, 0) is 51.2 Å². The van der Waals surface area contributed by atoms with Gasteiger partial charge in [-0.1, -0.05) is 11.6 Å². The minimum atomic E-state index is -4.82. The molecule has 2 N–H and O–H groups in total. The molecule has 1 unspecified atom stereocenters. The molecule has 3 fully saturated rings. The number of likely N-dealkylation sites (tertiary alicyclic amines) is 1. The van der Waals surface area contributed by atoms with Crippen LogP contribution < -0.4 is 10.1 Å². The monoisotopic (exact) mass is 603 g/mol. The fourth-order valence-electron chi connectivity index (χ4n) is 4.66. The number of aliphatic hydroxyl groups is 1.